The highest BCUT2D eigenvalue weighted by atomic mass is 35.5. The van der Waals surface area contributed by atoms with E-state index in [1.807, 2.05) is 25.9 Å². The predicted octanol–water partition coefficient (Wildman–Crippen LogP) is 6.06. The Labute approximate surface area is 259 Å². The van der Waals surface area contributed by atoms with E-state index in [9.17, 15) is 14.0 Å². The zero-order valence-corrected chi connectivity index (χ0v) is 26.1. The fourth-order valence-electron chi connectivity index (χ4n) is 5.38. The SMILES string of the molecule is CCNC(=O)N1CC(N(CCN(C)C)C(=O)c2nc3cccc(OC)n3c2-c2ccc(C)c(F)c2)c2ccc(Cl)c(Cl)c21. The Morgan fingerprint density at radius 2 is 1.91 bits per heavy atom. The maximum Gasteiger partial charge on any atom is 0.322 e. The maximum atomic E-state index is 14.9. The van der Waals surface area contributed by atoms with Crippen molar-refractivity contribution in [1.29, 1.82) is 0 Å². The van der Waals surface area contributed by atoms with Gasteiger partial charge in [0, 0.05) is 30.8 Å². The van der Waals surface area contributed by atoms with E-state index >= 15 is 0 Å². The Hall–Kier alpha value is -3.86. The number of aromatic nitrogens is 2. The van der Waals surface area contributed by atoms with Crippen LogP contribution in [0.15, 0.2) is 48.5 Å². The Kier molecular flexibility index (Phi) is 8.82. The van der Waals surface area contributed by atoms with E-state index in [1.165, 1.54) is 18.1 Å². The number of carbonyl (C=O) groups excluding carboxylic acids is 2. The number of nitrogens with zero attached hydrogens (tertiary/aromatic N) is 5. The summed E-state index contributed by atoms with van der Waals surface area (Å²) >= 11 is 13.0. The number of urea groups is 1. The predicted molar refractivity (Wildman–Crippen MR) is 167 cm³/mol. The fourth-order valence-corrected chi connectivity index (χ4v) is 5.81. The third-order valence-corrected chi connectivity index (χ3v) is 8.34. The average molecular weight is 628 g/mol. The third-order valence-electron chi connectivity index (χ3n) is 7.55. The molecule has 0 aliphatic carbocycles. The molecule has 0 spiro atoms. The van der Waals surface area contributed by atoms with Gasteiger partial charge in [-0.15, -0.1) is 0 Å². The van der Waals surface area contributed by atoms with Gasteiger partial charge in [-0.3, -0.25) is 14.1 Å². The summed E-state index contributed by atoms with van der Waals surface area (Å²) in [7, 11) is 5.36. The number of hydrogen-bond donors (Lipinski definition) is 1. The lowest BCUT2D eigenvalue weighted by Gasteiger charge is -2.30. The first kappa shape index (κ1) is 30.6. The number of carbonyl (C=O) groups is 2. The lowest BCUT2D eigenvalue weighted by Crippen LogP contribution is -2.44. The van der Waals surface area contributed by atoms with E-state index in [-0.39, 0.29) is 29.2 Å². The van der Waals surface area contributed by atoms with Crippen molar-refractivity contribution >= 4 is 46.5 Å². The average Bonchev–Trinajstić information content (AvgIpc) is 3.56. The van der Waals surface area contributed by atoms with Gasteiger partial charge in [0.25, 0.3) is 5.91 Å². The molecule has 0 saturated carbocycles. The minimum Gasteiger partial charge on any atom is -0.482 e. The number of rotatable bonds is 8. The maximum absolute atomic E-state index is 14.9. The Morgan fingerprint density at radius 3 is 2.58 bits per heavy atom. The van der Waals surface area contributed by atoms with Crippen LogP contribution in [0.4, 0.5) is 14.9 Å². The molecule has 2 aromatic carbocycles. The van der Waals surface area contributed by atoms with E-state index in [0.29, 0.717) is 64.3 Å². The summed E-state index contributed by atoms with van der Waals surface area (Å²) < 4.78 is 22.2. The number of fused-ring (bicyclic) bond motifs is 2. The summed E-state index contributed by atoms with van der Waals surface area (Å²) in [5, 5.41) is 3.37. The van der Waals surface area contributed by atoms with E-state index in [1.54, 1.807) is 58.7 Å². The van der Waals surface area contributed by atoms with Crippen molar-refractivity contribution in [2.45, 2.75) is 19.9 Å². The number of imidazole rings is 1. The van der Waals surface area contributed by atoms with Gasteiger partial charge in [-0.25, -0.2) is 14.2 Å². The van der Waals surface area contributed by atoms with Gasteiger partial charge in [-0.2, -0.15) is 0 Å². The van der Waals surface area contributed by atoms with E-state index in [2.05, 4.69) is 5.32 Å². The first-order valence-electron chi connectivity index (χ1n) is 13.9. The number of benzene rings is 2. The van der Waals surface area contributed by atoms with Crippen molar-refractivity contribution in [1.82, 2.24) is 24.5 Å². The zero-order valence-electron chi connectivity index (χ0n) is 24.6. The van der Waals surface area contributed by atoms with Crippen LogP contribution in [0.3, 0.4) is 0 Å². The first-order chi connectivity index (χ1) is 20.6. The van der Waals surface area contributed by atoms with Crippen LogP contribution in [0.1, 0.15) is 34.6 Å². The van der Waals surface area contributed by atoms with Crippen molar-refractivity contribution in [3.63, 3.8) is 0 Å². The minimum absolute atomic E-state index is 0.129. The van der Waals surface area contributed by atoms with Gasteiger partial charge in [0.15, 0.2) is 11.6 Å². The molecule has 1 atom stereocenters. The molecular weight excluding hydrogens is 594 g/mol. The van der Waals surface area contributed by atoms with Crippen molar-refractivity contribution in [3.05, 3.63) is 81.2 Å². The summed E-state index contributed by atoms with van der Waals surface area (Å²) in [6.45, 7) is 4.92. The molecule has 0 saturated heterocycles. The molecule has 3 amide bonds. The quantitative estimate of drug-likeness (QED) is 0.257. The van der Waals surface area contributed by atoms with Gasteiger partial charge in [-0.05, 0) is 57.8 Å². The van der Waals surface area contributed by atoms with Crippen LogP contribution in [0.5, 0.6) is 5.88 Å². The molecule has 226 valence electrons. The molecular formula is C31H33Cl2FN6O3. The second-order valence-corrected chi connectivity index (χ2v) is 11.4. The monoisotopic (exact) mass is 626 g/mol. The smallest absolute Gasteiger partial charge is 0.322 e. The highest BCUT2D eigenvalue weighted by Crippen LogP contribution is 2.46. The largest absolute Gasteiger partial charge is 0.482 e. The number of methoxy groups -OCH3 is 1. The molecule has 1 aliphatic heterocycles. The lowest BCUT2D eigenvalue weighted by molar-refractivity contribution is 0.0670. The summed E-state index contributed by atoms with van der Waals surface area (Å²) in [5.74, 6) is -0.350. The van der Waals surface area contributed by atoms with E-state index in [0.717, 1.165) is 0 Å². The fraction of sp³-hybridized carbons (Fsp3) is 0.323. The van der Waals surface area contributed by atoms with Gasteiger partial charge in [0.2, 0.25) is 0 Å². The molecule has 12 heteroatoms. The topological polar surface area (TPSA) is 82.4 Å². The van der Waals surface area contributed by atoms with Gasteiger partial charge in [0.05, 0.1) is 41.1 Å². The van der Waals surface area contributed by atoms with Crippen molar-refractivity contribution < 1.29 is 18.7 Å². The Balaban J connectivity index is 1.70. The summed E-state index contributed by atoms with van der Waals surface area (Å²) in [4.78, 5) is 37.9. The number of hydrogen-bond acceptors (Lipinski definition) is 5. The second-order valence-electron chi connectivity index (χ2n) is 10.6. The van der Waals surface area contributed by atoms with Crippen molar-refractivity contribution in [2.75, 3.05) is 52.3 Å². The third kappa shape index (κ3) is 5.62. The molecule has 0 bridgehead atoms. The van der Waals surface area contributed by atoms with Crippen molar-refractivity contribution in [3.8, 4) is 17.1 Å². The molecule has 1 unspecified atom stereocenters. The number of halogens is 3. The van der Waals surface area contributed by atoms with Crippen molar-refractivity contribution in [2.24, 2.45) is 0 Å². The standard InChI is InChI=1S/C31H33Cl2FN6O3/c1-6-35-31(42)39-17-23(20-12-13-21(32)26(33)29(20)39)38(15-14-37(3)4)30(41)27-28(19-11-10-18(2)22(34)16-19)40-24(36-27)8-7-9-25(40)43-5/h7-13,16,23H,6,14-15,17H2,1-5H3,(H,35,42). The summed E-state index contributed by atoms with van der Waals surface area (Å²) in [6.07, 6.45) is 0. The van der Waals surface area contributed by atoms with Crippen LogP contribution in [-0.2, 0) is 0 Å². The first-order valence-corrected chi connectivity index (χ1v) is 14.6. The zero-order chi connectivity index (χ0) is 31.0. The second kappa shape index (κ2) is 12.4. The van der Waals surface area contributed by atoms with Crippen LogP contribution in [-0.4, -0.2) is 78.5 Å². The van der Waals surface area contributed by atoms with Gasteiger partial charge in [0.1, 0.15) is 11.5 Å². The van der Waals surface area contributed by atoms with Crippen LogP contribution in [0, 0.1) is 12.7 Å². The molecule has 3 heterocycles. The molecule has 2 aromatic heterocycles. The van der Waals surface area contributed by atoms with E-state index in [4.69, 9.17) is 32.9 Å². The number of anilines is 1. The summed E-state index contributed by atoms with van der Waals surface area (Å²) in [6, 6.07) is 12.7. The number of pyridine rings is 1. The Bertz CT molecular complexity index is 1710. The van der Waals surface area contributed by atoms with Crippen LogP contribution >= 0.6 is 23.2 Å². The number of nitrogens with one attached hydrogen (secondary N) is 1. The number of aryl methyl sites for hydroxylation is 1. The number of likely N-dealkylation sites (N-methyl/N-ethyl adjacent to an activating group) is 1. The van der Waals surface area contributed by atoms with Crippen LogP contribution < -0.4 is 15.0 Å². The highest BCUT2D eigenvalue weighted by Gasteiger charge is 2.41. The molecule has 1 N–H and O–H groups in total. The normalized spacial score (nSPS) is 14.3. The van der Waals surface area contributed by atoms with Gasteiger partial charge < -0.3 is 19.9 Å². The highest BCUT2D eigenvalue weighted by molar-refractivity contribution is 6.44. The molecule has 43 heavy (non-hydrogen) atoms. The van der Waals surface area contributed by atoms with Crippen LogP contribution in [0.25, 0.3) is 16.9 Å². The molecule has 5 rings (SSSR count). The van der Waals surface area contributed by atoms with Gasteiger partial charge >= 0.3 is 6.03 Å². The van der Waals surface area contributed by atoms with Crippen LogP contribution in [0.2, 0.25) is 10.0 Å². The summed E-state index contributed by atoms with van der Waals surface area (Å²) in [5.41, 5.74) is 3.11. The molecule has 0 fully saturated rings. The molecule has 1 aliphatic rings. The van der Waals surface area contributed by atoms with Gasteiger partial charge in [-0.1, -0.05) is 47.5 Å². The number of amides is 3. The number of ether oxygens (including phenoxy) is 1. The molecule has 4 aromatic rings. The molecule has 9 nitrogen and oxygen atoms in total. The lowest BCUT2D eigenvalue weighted by atomic mass is 10.0. The molecule has 0 radical (unpaired) electrons. The minimum atomic E-state index is -0.561. The Morgan fingerprint density at radius 1 is 1.14 bits per heavy atom. The van der Waals surface area contributed by atoms with E-state index < -0.39 is 11.9 Å².